The molecule has 5 heteroatoms. The fourth-order valence-electron chi connectivity index (χ4n) is 2.39. The van der Waals surface area contributed by atoms with E-state index in [1.165, 1.54) is 11.1 Å². The Bertz CT molecular complexity index is 691. The molecule has 0 radical (unpaired) electrons. The molecule has 2 N–H and O–H groups in total. The molecule has 20 heavy (non-hydrogen) atoms. The molecule has 1 aliphatic heterocycles. The minimum atomic E-state index is 0.363. The van der Waals surface area contributed by atoms with Gasteiger partial charge in [0.2, 0.25) is 0 Å². The average Bonchev–Trinajstić information content (AvgIpc) is 2.50. The van der Waals surface area contributed by atoms with E-state index in [4.69, 9.17) is 16.9 Å². The van der Waals surface area contributed by atoms with Crippen molar-refractivity contribution in [2.45, 2.75) is 13.0 Å². The van der Waals surface area contributed by atoms with Crippen LogP contribution in [0.2, 0.25) is 5.02 Å². The van der Waals surface area contributed by atoms with Gasteiger partial charge < -0.3 is 10.6 Å². The van der Waals surface area contributed by atoms with Gasteiger partial charge in [-0.25, -0.2) is 4.98 Å². The first-order chi connectivity index (χ1) is 9.79. The summed E-state index contributed by atoms with van der Waals surface area (Å²) < 4.78 is 0. The molecule has 1 aromatic carbocycles. The minimum absolute atomic E-state index is 0.363. The van der Waals surface area contributed by atoms with Crippen LogP contribution in [0.4, 0.5) is 11.5 Å². The highest BCUT2D eigenvalue weighted by molar-refractivity contribution is 6.34. The lowest BCUT2D eigenvalue weighted by Crippen LogP contribution is -2.24. The lowest BCUT2D eigenvalue weighted by Gasteiger charge is -2.21. The molecule has 100 valence electrons. The molecule has 1 aromatic heterocycles. The van der Waals surface area contributed by atoms with E-state index in [0.29, 0.717) is 16.4 Å². The minimum Gasteiger partial charge on any atom is -0.339 e. The standard InChI is InChI=1S/C15H13ClN4/c16-14-10(8-17)4-7-19-15(14)20-13-3-1-2-11-9-18-6-5-12(11)13/h1-4,7,18H,5-6,9H2,(H,19,20). The number of anilines is 2. The van der Waals surface area contributed by atoms with Crippen molar-refractivity contribution in [1.29, 1.82) is 5.26 Å². The molecular formula is C15H13ClN4. The second-order valence-electron chi connectivity index (χ2n) is 4.63. The number of halogens is 1. The van der Waals surface area contributed by atoms with Crippen molar-refractivity contribution in [1.82, 2.24) is 10.3 Å². The van der Waals surface area contributed by atoms with Crippen molar-refractivity contribution in [3.63, 3.8) is 0 Å². The molecule has 0 aliphatic carbocycles. The van der Waals surface area contributed by atoms with Gasteiger partial charge in [0, 0.05) is 18.4 Å². The molecule has 0 saturated carbocycles. The zero-order valence-electron chi connectivity index (χ0n) is 10.8. The highest BCUT2D eigenvalue weighted by Gasteiger charge is 2.14. The fraction of sp³-hybridized carbons (Fsp3) is 0.200. The van der Waals surface area contributed by atoms with Gasteiger partial charge in [-0.15, -0.1) is 0 Å². The molecule has 0 bridgehead atoms. The summed E-state index contributed by atoms with van der Waals surface area (Å²) in [6.45, 7) is 1.84. The Labute approximate surface area is 122 Å². The maximum Gasteiger partial charge on any atom is 0.150 e. The second-order valence-corrected chi connectivity index (χ2v) is 5.01. The van der Waals surface area contributed by atoms with E-state index < -0.39 is 0 Å². The molecule has 0 saturated heterocycles. The third-order valence-corrected chi connectivity index (χ3v) is 3.79. The third kappa shape index (κ3) is 2.34. The Hall–Kier alpha value is -2.09. The maximum atomic E-state index is 9.00. The van der Waals surface area contributed by atoms with Crippen LogP contribution >= 0.6 is 11.6 Å². The molecule has 3 rings (SSSR count). The van der Waals surface area contributed by atoms with Gasteiger partial charge in [-0.2, -0.15) is 5.26 Å². The van der Waals surface area contributed by atoms with Crippen LogP contribution in [0, 0.1) is 11.3 Å². The molecule has 1 aliphatic rings. The van der Waals surface area contributed by atoms with E-state index in [0.717, 1.165) is 25.2 Å². The number of rotatable bonds is 2. The highest BCUT2D eigenvalue weighted by atomic mass is 35.5. The first-order valence-electron chi connectivity index (χ1n) is 6.42. The molecule has 0 fully saturated rings. The van der Waals surface area contributed by atoms with Crippen molar-refractivity contribution < 1.29 is 0 Å². The SMILES string of the molecule is N#Cc1ccnc(Nc2cccc3c2CCNC3)c1Cl. The van der Waals surface area contributed by atoms with Crippen LogP contribution < -0.4 is 10.6 Å². The summed E-state index contributed by atoms with van der Waals surface area (Å²) in [5, 5.41) is 16.0. The highest BCUT2D eigenvalue weighted by Crippen LogP contribution is 2.30. The van der Waals surface area contributed by atoms with E-state index >= 15 is 0 Å². The van der Waals surface area contributed by atoms with Crippen LogP contribution in [-0.4, -0.2) is 11.5 Å². The summed E-state index contributed by atoms with van der Waals surface area (Å²) >= 11 is 6.18. The molecule has 0 unspecified atom stereocenters. The number of hydrogen-bond acceptors (Lipinski definition) is 4. The normalized spacial score (nSPS) is 13.4. The molecule has 4 nitrogen and oxygen atoms in total. The Kier molecular flexibility index (Phi) is 3.55. The monoisotopic (exact) mass is 284 g/mol. The molecule has 0 amide bonds. The van der Waals surface area contributed by atoms with E-state index in [2.05, 4.69) is 27.8 Å². The van der Waals surface area contributed by atoms with Crippen molar-refractivity contribution in [2.24, 2.45) is 0 Å². The van der Waals surface area contributed by atoms with Gasteiger partial charge >= 0.3 is 0 Å². The lowest BCUT2D eigenvalue weighted by molar-refractivity contribution is 0.645. The zero-order chi connectivity index (χ0) is 13.9. The Balaban J connectivity index is 1.98. The van der Waals surface area contributed by atoms with Crippen molar-refractivity contribution in [3.05, 3.63) is 52.2 Å². The van der Waals surface area contributed by atoms with Gasteiger partial charge in [-0.1, -0.05) is 23.7 Å². The van der Waals surface area contributed by atoms with Crippen molar-refractivity contribution >= 4 is 23.1 Å². The molecule has 0 atom stereocenters. The van der Waals surface area contributed by atoms with Gasteiger partial charge in [-0.05, 0) is 36.2 Å². The third-order valence-electron chi connectivity index (χ3n) is 3.40. The van der Waals surface area contributed by atoms with Gasteiger partial charge in [0.15, 0.2) is 5.82 Å². The first-order valence-corrected chi connectivity index (χ1v) is 6.80. The van der Waals surface area contributed by atoms with Crippen LogP contribution in [-0.2, 0) is 13.0 Å². The van der Waals surface area contributed by atoms with Crippen molar-refractivity contribution in [2.75, 3.05) is 11.9 Å². The summed E-state index contributed by atoms with van der Waals surface area (Å²) in [6, 6.07) is 9.81. The smallest absolute Gasteiger partial charge is 0.150 e. The number of benzene rings is 1. The van der Waals surface area contributed by atoms with E-state index in [1.807, 2.05) is 12.1 Å². The van der Waals surface area contributed by atoms with Crippen LogP contribution in [0.15, 0.2) is 30.5 Å². The number of hydrogen-bond donors (Lipinski definition) is 2. The van der Waals surface area contributed by atoms with Crippen LogP contribution in [0.1, 0.15) is 16.7 Å². The first kappa shape index (κ1) is 12.9. The summed E-state index contributed by atoms with van der Waals surface area (Å²) in [4.78, 5) is 4.22. The fourth-order valence-corrected chi connectivity index (χ4v) is 2.60. The number of nitrogens with zero attached hydrogens (tertiary/aromatic N) is 2. The van der Waals surface area contributed by atoms with Crippen LogP contribution in [0.5, 0.6) is 0 Å². The zero-order valence-corrected chi connectivity index (χ0v) is 11.5. The van der Waals surface area contributed by atoms with Gasteiger partial charge in [0.05, 0.1) is 5.56 Å². The largest absolute Gasteiger partial charge is 0.339 e. The molecule has 2 aromatic rings. The molecular weight excluding hydrogens is 272 g/mol. The van der Waals surface area contributed by atoms with E-state index in [9.17, 15) is 0 Å². The quantitative estimate of drug-likeness (QED) is 0.890. The Morgan fingerprint density at radius 1 is 1.35 bits per heavy atom. The number of nitriles is 1. The van der Waals surface area contributed by atoms with Crippen LogP contribution in [0.3, 0.4) is 0 Å². The summed E-state index contributed by atoms with van der Waals surface area (Å²) in [5.74, 6) is 0.526. The predicted octanol–water partition coefficient (Wildman–Crippen LogP) is 3.00. The second kappa shape index (κ2) is 5.49. The van der Waals surface area contributed by atoms with E-state index in [1.54, 1.807) is 12.3 Å². The number of fused-ring (bicyclic) bond motifs is 1. The lowest BCUT2D eigenvalue weighted by atomic mass is 9.99. The van der Waals surface area contributed by atoms with Gasteiger partial charge in [0.25, 0.3) is 0 Å². The number of aromatic nitrogens is 1. The summed E-state index contributed by atoms with van der Waals surface area (Å²) in [7, 11) is 0. The molecule has 0 spiro atoms. The van der Waals surface area contributed by atoms with Crippen LogP contribution in [0.25, 0.3) is 0 Å². The molecule has 2 heterocycles. The number of pyridine rings is 1. The van der Waals surface area contributed by atoms with Gasteiger partial charge in [-0.3, -0.25) is 0 Å². The maximum absolute atomic E-state index is 9.00. The van der Waals surface area contributed by atoms with Gasteiger partial charge in [0.1, 0.15) is 11.1 Å². The summed E-state index contributed by atoms with van der Waals surface area (Å²) in [6.07, 6.45) is 2.55. The Morgan fingerprint density at radius 2 is 2.25 bits per heavy atom. The number of nitrogens with one attached hydrogen (secondary N) is 2. The predicted molar refractivity (Wildman–Crippen MR) is 79.1 cm³/mol. The van der Waals surface area contributed by atoms with Crippen molar-refractivity contribution in [3.8, 4) is 6.07 Å². The average molecular weight is 285 g/mol. The topological polar surface area (TPSA) is 60.7 Å². The Morgan fingerprint density at radius 3 is 3.10 bits per heavy atom. The van der Waals surface area contributed by atoms with E-state index in [-0.39, 0.29) is 0 Å². The summed E-state index contributed by atoms with van der Waals surface area (Å²) in [5.41, 5.74) is 4.00.